The summed E-state index contributed by atoms with van der Waals surface area (Å²) in [4.78, 5) is 25.9. The van der Waals surface area contributed by atoms with Gasteiger partial charge in [0.15, 0.2) is 6.04 Å². The molecule has 0 radical (unpaired) electrons. The number of halogens is 1. The summed E-state index contributed by atoms with van der Waals surface area (Å²) in [5.74, 6) is -0.708. The molecular weight excluding hydrogens is 295 g/mol. The zero-order chi connectivity index (χ0) is 16.4. The third kappa shape index (κ3) is 3.29. The Morgan fingerprint density at radius 2 is 1.91 bits per heavy atom. The van der Waals surface area contributed by atoms with Gasteiger partial charge in [0, 0.05) is 5.56 Å². The molecular formula is C18H18FN2O2+. The van der Waals surface area contributed by atoms with Crippen LogP contribution in [0.4, 0.5) is 10.1 Å². The number of anilines is 1. The number of imide groups is 1. The minimum absolute atomic E-state index is 0.169. The SMILES string of the molecule is Cc1ccc(N2C(=O)C[C@@H]([NH2+]Cc3cccc(F)c3)C2=O)cc1. The van der Waals surface area contributed by atoms with E-state index >= 15 is 0 Å². The molecule has 1 heterocycles. The predicted octanol–water partition coefficient (Wildman–Crippen LogP) is 1.53. The van der Waals surface area contributed by atoms with Crippen molar-refractivity contribution in [2.45, 2.75) is 25.9 Å². The quantitative estimate of drug-likeness (QED) is 0.870. The monoisotopic (exact) mass is 313 g/mol. The Balaban J connectivity index is 1.70. The summed E-state index contributed by atoms with van der Waals surface area (Å²) >= 11 is 0. The Morgan fingerprint density at radius 1 is 1.17 bits per heavy atom. The van der Waals surface area contributed by atoms with Crippen molar-refractivity contribution in [2.75, 3.05) is 4.90 Å². The lowest BCUT2D eigenvalue weighted by Gasteiger charge is -2.14. The molecule has 1 aliphatic rings. The van der Waals surface area contributed by atoms with Crippen LogP contribution in [0.3, 0.4) is 0 Å². The normalized spacial score (nSPS) is 17.8. The van der Waals surface area contributed by atoms with E-state index in [9.17, 15) is 14.0 Å². The van der Waals surface area contributed by atoms with Gasteiger partial charge in [-0.1, -0.05) is 29.8 Å². The summed E-state index contributed by atoms with van der Waals surface area (Å²) < 4.78 is 13.2. The number of hydrogen-bond acceptors (Lipinski definition) is 2. The molecule has 23 heavy (non-hydrogen) atoms. The van der Waals surface area contributed by atoms with Crippen molar-refractivity contribution in [1.29, 1.82) is 0 Å². The van der Waals surface area contributed by atoms with Crippen LogP contribution < -0.4 is 10.2 Å². The zero-order valence-electron chi connectivity index (χ0n) is 12.8. The van der Waals surface area contributed by atoms with Gasteiger partial charge in [0.05, 0.1) is 12.1 Å². The maximum Gasteiger partial charge on any atom is 0.292 e. The molecule has 0 bridgehead atoms. The third-order valence-electron chi connectivity index (χ3n) is 4.00. The number of amides is 2. The first kappa shape index (κ1) is 15.4. The van der Waals surface area contributed by atoms with E-state index in [0.29, 0.717) is 12.2 Å². The van der Waals surface area contributed by atoms with Crippen LogP contribution in [0.25, 0.3) is 0 Å². The summed E-state index contributed by atoms with van der Waals surface area (Å²) in [6.45, 7) is 2.41. The van der Waals surface area contributed by atoms with Crippen LogP contribution in [0.15, 0.2) is 48.5 Å². The molecule has 0 aliphatic carbocycles. The fourth-order valence-electron chi connectivity index (χ4n) is 2.75. The average molecular weight is 313 g/mol. The molecule has 0 saturated carbocycles. The van der Waals surface area contributed by atoms with Crippen LogP contribution in [-0.2, 0) is 16.1 Å². The van der Waals surface area contributed by atoms with E-state index < -0.39 is 6.04 Å². The maximum absolute atomic E-state index is 13.2. The van der Waals surface area contributed by atoms with Gasteiger partial charge in [-0.2, -0.15) is 0 Å². The number of hydrogen-bond donors (Lipinski definition) is 1. The average Bonchev–Trinajstić information content (AvgIpc) is 2.81. The molecule has 118 valence electrons. The highest BCUT2D eigenvalue weighted by Gasteiger charge is 2.42. The molecule has 1 fully saturated rings. The number of quaternary nitrogens is 1. The number of rotatable bonds is 4. The minimum Gasteiger partial charge on any atom is -0.332 e. The molecule has 2 N–H and O–H groups in total. The molecule has 2 amide bonds. The molecule has 2 aromatic rings. The zero-order valence-corrected chi connectivity index (χ0v) is 12.8. The van der Waals surface area contributed by atoms with Crippen LogP contribution in [0.5, 0.6) is 0 Å². The van der Waals surface area contributed by atoms with Gasteiger partial charge in [0.25, 0.3) is 5.91 Å². The second-order valence-electron chi connectivity index (χ2n) is 5.78. The van der Waals surface area contributed by atoms with Gasteiger partial charge in [-0.05, 0) is 31.2 Å². The van der Waals surface area contributed by atoms with Crippen LogP contribution >= 0.6 is 0 Å². The molecule has 2 aromatic carbocycles. The van der Waals surface area contributed by atoms with E-state index in [-0.39, 0.29) is 24.1 Å². The lowest BCUT2D eigenvalue weighted by atomic mass is 10.2. The van der Waals surface area contributed by atoms with Crippen LogP contribution in [0.1, 0.15) is 17.5 Å². The summed E-state index contributed by atoms with van der Waals surface area (Å²) in [7, 11) is 0. The van der Waals surface area contributed by atoms with Gasteiger partial charge in [-0.15, -0.1) is 0 Å². The van der Waals surface area contributed by atoms with E-state index in [0.717, 1.165) is 11.1 Å². The molecule has 1 aliphatic heterocycles. The summed E-state index contributed by atoms with van der Waals surface area (Å²) in [6, 6.07) is 13.1. The van der Waals surface area contributed by atoms with Gasteiger partial charge >= 0.3 is 0 Å². The second-order valence-corrected chi connectivity index (χ2v) is 5.78. The number of aryl methyl sites for hydroxylation is 1. The molecule has 0 unspecified atom stereocenters. The van der Waals surface area contributed by atoms with Gasteiger partial charge < -0.3 is 5.32 Å². The number of carbonyl (C=O) groups excluding carboxylic acids is 2. The molecule has 4 nitrogen and oxygen atoms in total. The summed E-state index contributed by atoms with van der Waals surface area (Å²) in [5, 5.41) is 1.79. The van der Waals surface area contributed by atoms with Gasteiger partial charge in [0.2, 0.25) is 5.91 Å². The van der Waals surface area contributed by atoms with E-state index in [1.165, 1.54) is 17.0 Å². The van der Waals surface area contributed by atoms with E-state index in [2.05, 4.69) is 0 Å². The first-order valence-electron chi connectivity index (χ1n) is 7.56. The Morgan fingerprint density at radius 3 is 2.61 bits per heavy atom. The Kier molecular flexibility index (Phi) is 4.21. The lowest BCUT2D eigenvalue weighted by Crippen LogP contribution is -2.90. The molecule has 0 aromatic heterocycles. The highest BCUT2D eigenvalue weighted by Crippen LogP contribution is 2.22. The largest absolute Gasteiger partial charge is 0.332 e. The topological polar surface area (TPSA) is 54.0 Å². The van der Waals surface area contributed by atoms with E-state index in [4.69, 9.17) is 0 Å². The number of nitrogens with two attached hydrogens (primary N) is 1. The van der Waals surface area contributed by atoms with E-state index in [1.807, 2.05) is 19.1 Å². The fraction of sp³-hybridized carbons (Fsp3) is 0.222. The Hall–Kier alpha value is -2.53. The first-order valence-corrected chi connectivity index (χ1v) is 7.56. The predicted molar refractivity (Wildman–Crippen MR) is 84.1 cm³/mol. The number of benzene rings is 2. The smallest absolute Gasteiger partial charge is 0.292 e. The van der Waals surface area contributed by atoms with Gasteiger partial charge in [-0.3, -0.25) is 9.59 Å². The molecule has 1 saturated heterocycles. The number of nitrogens with zero attached hydrogens (tertiary/aromatic N) is 1. The van der Waals surface area contributed by atoms with Crippen LogP contribution in [-0.4, -0.2) is 17.9 Å². The van der Waals surface area contributed by atoms with Crippen molar-refractivity contribution in [1.82, 2.24) is 0 Å². The van der Waals surface area contributed by atoms with Crippen molar-refractivity contribution in [3.8, 4) is 0 Å². The highest BCUT2D eigenvalue weighted by atomic mass is 19.1. The second kappa shape index (κ2) is 6.30. The van der Waals surface area contributed by atoms with Crippen molar-refractivity contribution >= 4 is 17.5 Å². The Bertz CT molecular complexity index is 743. The van der Waals surface area contributed by atoms with Gasteiger partial charge in [-0.25, -0.2) is 9.29 Å². The maximum atomic E-state index is 13.2. The van der Waals surface area contributed by atoms with Crippen molar-refractivity contribution in [3.63, 3.8) is 0 Å². The highest BCUT2D eigenvalue weighted by molar-refractivity contribution is 6.21. The van der Waals surface area contributed by atoms with Crippen molar-refractivity contribution < 1.29 is 19.3 Å². The van der Waals surface area contributed by atoms with Crippen LogP contribution in [0.2, 0.25) is 0 Å². The van der Waals surface area contributed by atoms with Crippen molar-refractivity contribution in [2.24, 2.45) is 0 Å². The van der Waals surface area contributed by atoms with Gasteiger partial charge in [0.1, 0.15) is 12.4 Å². The molecule has 1 atom stereocenters. The number of carbonyl (C=O) groups is 2. The lowest BCUT2D eigenvalue weighted by molar-refractivity contribution is -0.690. The molecule has 0 spiro atoms. The fourth-order valence-corrected chi connectivity index (χ4v) is 2.75. The van der Waals surface area contributed by atoms with Crippen LogP contribution in [0, 0.1) is 12.7 Å². The summed E-state index contributed by atoms with van der Waals surface area (Å²) in [6.07, 6.45) is 0.169. The third-order valence-corrected chi connectivity index (χ3v) is 4.00. The van der Waals surface area contributed by atoms with E-state index in [1.54, 1.807) is 29.6 Å². The standard InChI is InChI=1S/C18H17FN2O2/c1-12-5-7-15(8-6-12)21-17(22)10-16(18(21)23)20-11-13-3-2-4-14(19)9-13/h2-9,16,20H,10-11H2,1H3/p+1/t16-/m1/s1. The first-order chi connectivity index (χ1) is 11.0. The molecule has 5 heteroatoms. The Labute approximate surface area is 133 Å². The summed E-state index contributed by atoms with van der Waals surface area (Å²) in [5.41, 5.74) is 2.47. The minimum atomic E-state index is -0.452. The molecule has 3 rings (SSSR count). The van der Waals surface area contributed by atoms with Crippen molar-refractivity contribution in [3.05, 3.63) is 65.5 Å².